The molecule has 150 valence electrons. The van der Waals surface area contributed by atoms with Crippen molar-refractivity contribution >= 4 is 11.8 Å². The number of carbonyl (C=O) groups is 2. The number of hydrogen-bond acceptors (Lipinski definition) is 5. The van der Waals surface area contributed by atoms with Gasteiger partial charge in [-0.2, -0.15) is 5.26 Å². The van der Waals surface area contributed by atoms with E-state index in [0.717, 1.165) is 31.6 Å². The lowest BCUT2D eigenvalue weighted by atomic mass is 10.1. The molecular weight excluding hydrogens is 363 g/mol. The second kappa shape index (κ2) is 8.67. The van der Waals surface area contributed by atoms with E-state index in [4.69, 9.17) is 5.26 Å². The van der Waals surface area contributed by atoms with Crippen molar-refractivity contribution in [3.8, 4) is 6.07 Å². The number of likely N-dealkylation sites (N-methyl/N-ethyl adjacent to an activating group) is 1. The zero-order chi connectivity index (χ0) is 20.3. The van der Waals surface area contributed by atoms with Crippen LogP contribution in [0.3, 0.4) is 0 Å². The molecule has 28 heavy (non-hydrogen) atoms. The summed E-state index contributed by atoms with van der Waals surface area (Å²) in [6, 6.07) is 4.63. The van der Waals surface area contributed by atoms with Gasteiger partial charge in [0.1, 0.15) is 5.82 Å². The number of nitrogens with one attached hydrogen (secondary N) is 1. The van der Waals surface area contributed by atoms with Crippen LogP contribution in [0.2, 0.25) is 0 Å². The number of rotatable bonds is 3. The summed E-state index contributed by atoms with van der Waals surface area (Å²) in [5, 5.41) is 21.9. The first-order valence-corrected chi connectivity index (χ1v) is 9.54. The Morgan fingerprint density at radius 3 is 2.75 bits per heavy atom. The number of benzene rings is 1. The Balaban J connectivity index is 1.62. The van der Waals surface area contributed by atoms with Crippen LogP contribution in [-0.4, -0.2) is 72.1 Å². The quantitative estimate of drug-likeness (QED) is 0.796. The van der Waals surface area contributed by atoms with E-state index < -0.39 is 23.9 Å². The molecule has 2 fully saturated rings. The van der Waals surface area contributed by atoms with Gasteiger partial charge in [0.05, 0.1) is 23.8 Å². The molecule has 3 rings (SSSR count). The maximum atomic E-state index is 13.6. The van der Waals surface area contributed by atoms with Crippen LogP contribution in [0.5, 0.6) is 0 Å². The van der Waals surface area contributed by atoms with Crippen molar-refractivity contribution < 1.29 is 19.1 Å². The fraction of sp³-hybridized carbons (Fsp3) is 0.550. The molecule has 1 aromatic rings. The minimum atomic E-state index is -0.837. The molecule has 2 aliphatic rings. The van der Waals surface area contributed by atoms with E-state index in [0.29, 0.717) is 25.9 Å². The monoisotopic (exact) mass is 388 g/mol. The second-order valence-electron chi connectivity index (χ2n) is 7.64. The predicted molar refractivity (Wildman–Crippen MR) is 99.8 cm³/mol. The zero-order valence-corrected chi connectivity index (χ0v) is 15.9. The Morgan fingerprint density at radius 2 is 2.00 bits per heavy atom. The second-order valence-corrected chi connectivity index (χ2v) is 7.64. The van der Waals surface area contributed by atoms with Crippen LogP contribution in [0.4, 0.5) is 4.39 Å². The van der Waals surface area contributed by atoms with E-state index in [1.54, 1.807) is 0 Å². The molecule has 1 saturated heterocycles. The van der Waals surface area contributed by atoms with E-state index in [1.165, 1.54) is 6.07 Å². The van der Waals surface area contributed by atoms with Crippen molar-refractivity contribution in [1.29, 1.82) is 5.26 Å². The summed E-state index contributed by atoms with van der Waals surface area (Å²) < 4.78 is 13.6. The van der Waals surface area contributed by atoms with Crippen LogP contribution in [-0.2, 0) is 4.79 Å². The first-order chi connectivity index (χ1) is 13.4. The average molecular weight is 388 g/mol. The Morgan fingerprint density at radius 1 is 1.21 bits per heavy atom. The minimum Gasteiger partial charge on any atom is -0.391 e. The molecule has 1 heterocycles. The van der Waals surface area contributed by atoms with Gasteiger partial charge in [-0.25, -0.2) is 4.39 Å². The van der Waals surface area contributed by atoms with Crippen LogP contribution in [0.15, 0.2) is 18.2 Å². The third kappa shape index (κ3) is 4.66. The molecular formula is C20H25FN4O3. The number of aliphatic hydroxyl groups is 1. The highest BCUT2D eigenvalue weighted by molar-refractivity contribution is 5.95. The summed E-state index contributed by atoms with van der Waals surface area (Å²) in [6.07, 6.45) is 0.719. The number of amides is 2. The number of nitriles is 1. The highest BCUT2D eigenvalue weighted by atomic mass is 19.1. The third-order valence-corrected chi connectivity index (χ3v) is 5.51. The number of hydrogen-bond donors (Lipinski definition) is 2. The normalized spacial score (nSPS) is 25.8. The zero-order valence-electron chi connectivity index (χ0n) is 15.9. The molecule has 0 bridgehead atoms. The van der Waals surface area contributed by atoms with Crippen LogP contribution < -0.4 is 5.32 Å². The van der Waals surface area contributed by atoms with Crippen molar-refractivity contribution in [3.05, 3.63) is 35.1 Å². The lowest BCUT2D eigenvalue weighted by Gasteiger charge is -2.24. The number of carbonyl (C=O) groups excluding carboxylic acids is 2. The summed E-state index contributed by atoms with van der Waals surface area (Å²) in [5.74, 6) is -1.56. The van der Waals surface area contributed by atoms with Crippen molar-refractivity contribution in [2.45, 2.75) is 31.4 Å². The van der Waals surface area contributed by atoms with E-state index in [-0.39, 0.29) is 23.0 Å². The maximum absolute atomic E-state index is 13.6. The first kappa shape index (κ1) is 20.2. The van der Waals surface area contributed by atoms with Gasteiger partial charge in [0.2, 0.25) is 5.91 Å². The Bertz CT molecular complexity index is 794. The minimum absolute atomic E-state index is 0.0172. The summed E-state index contributed by atoms with van der Waals surface area (Å²) in [4.78, 5) is 29.3. The van der Waals surface area contributed by atoms with Crippen molar-refractivity contribution in [2.75, 3.05) is 33.2 Å². The fourth-order valence-corrected chi connectivity index (χ4v) is 3.93. The van der Waals surface area contributed by atoms with Crippen LogP contribution in [0.25, 0.3) is 0 Å². The molecule has 1 aliphatic carbocycles. The molecule has 1 saturated carbocycles. The first-order valence-electron chi connectivity index (χ1n) is 9.54. The highest BCUT2D eigenvalue weighted by Gasteiger charge is 2.39. The van der Waals surface area contributed by atoms with Gasteiger partial charge in [0.15, 0.2) is 0 Å². The molecule has 7 nitrogen and oxygen atoms in total. The third-order valence-electron chi connectivity index (χ3n) is 5.51. The Kier molecular flexibility index (Phi) is 6.27. The average Bonchev–Trinajstić information content (AvgIpc) is 2.89. The van der Waals surface area contributed by atoms with Crippen LogP contribution in [0.1, 0.15) is 35.2 Å². The maximum Gasteiger partial charge on any atom is 0.251 e. The molecule has 8 heteroatoms. The predicted octanol–water partition coefficient (Wildman–Crippen LogP) is 0.731. The number of nitrogens with zero attached hydrogens (tertiary/aromatic N) is 3. The Labute approximate surface area is 163 Å². The van der Waals surface area contributed by atoms with Crippen molar-refractivity contribution in [2.24, 2.45) is 5.92 Å². The van der Waals surface area contributed by atoms with E-state index in [1.807, 2.05) is 18.0 Å². The largest absolute Gasteiger partial charge is 0.391 e. The van der Waals surface area contributed by atoms with Crippen LogP contribution >= 0.6 is 0 Å². The molecule has 0 spiro atoms. The highest BCUT2D eigenvalue weighted by Crippen LogP contribution is 2.28. The molecule has 0 radical (unpaired) electrons. The molecule has 3 atom stereocenters. The van der Waals surface area contributed by atoms with E-state index >= 15 is 0 Å². The van der Waals surface area contributed by atoms with Gasteiger partial charge in [-0.3, -0.25) is 9.59 Å². The fourth-order valence-electron chi connectivity index (χ4n) is 3.93. The lowest BCUT2D eigenvalue weighted by molar-refractivity contribution is -0.135. The van der Waals surface area contributed by atoms with Crippen LogP contribution in [0, 0.1) is 23.1 Å². The van der Waals surface area contributed by atoms with Gasteiger partial charge < -0.3 is 20.2 Å². The number of halogens is 1. The summed E-state index contributed by atoms with van der Waals surface area (Å²) >= 11 is 0. The topological polar surface area (TPSA) is 96.7 Å². The van der Waals surface area contributed by atoms with E-state index in [2.05, 4.69) is 10.2 Å². The lowest BCUT2D eigenvalue weighted by Crippen LogP contribution is -2.40. The molecule has 0 aromatic heterocycles. The van der Waals surface area contributed by atoms with Gasteiger partial charge in [-0.05, 0) is 51.1 Å². The van der Waals surface area contributed by atoms with Gasteiger partial charge in [-0.1, -0.05) is 0 Å². The SMILES string of the molecule is CN1CCCN(C(=O)[C@H]2C[C@H](NC(=O)c3cc(F)cc(C#N)c3)[C@@H](O)C2)CC1. The van der Waals surface area contributed by atoms with Crippen molar-refractivity contribution in [1.82, 2.24) is 15.1 Å². The Hall–Kier alpha value is -2.50. The molecule has 1 aliphatic heterocycles. The van der Waals surface area contributed by atoms with Gasteiger partial charge in [0, 0.05) is 31.1 Å². The molecule has 0 unspecified atom stereocenters. The van der Waals surface area contributed by atoms with Gasteiger partial charge in [0.25, 0.3) is 5.91 Å². The summed E-state index contributed by atoms with van der Waals surface area (Å²) in [7, 11) is 2.03. The summed E-state index contributed by atoms with van der Waals surface area (Å²) in [5.41, 5.74) is 0.0744. The van der Waals surface area contributed by atoms with Crippen molar-refractivity contribution in [3.63, 3.8) is 0 Å². The van der Waals surface area contributed by atoms with Gasteiger partial charge >= 0.3 is 0 Å². The van der Waals surface area contributed by atoms with E-state index in [9.17, 15) is 19.1 Å². The summed E-state index contributed by atoms with van der Waals surface area (Å²) in [6.45, 7) is 3.14. The number of aliphatic hydroxyl groups excluding tert-OH is 1. The molecule has 2 amide bonds. The molecule has 1 aromatic carbocycles. The standard InChI is InChI=1S/C20H25FN4O3/c1-24-3-2-4-25(6-5-24)20(28)15-10-17(18(26)11-15)23-19(27)14-7-13(12-22)8-16(21)9-14/h7-9,15,17-18,26H,2-6,10-11H2,1H3,(H,23,27)/t15-,17-,18-/m0/s1. The smallest absolute Gasteiger partial charge is 0.251 e. The molecule has 2 N–H and O–H groups in total. The van der Waals surface area contributed by atoms with Gasteiger partial charge in [-0.15, -0.1) is 0 Å².